The molecular formula is C25H19N3O2. The van der Waals surface area contributed by atoms with Crippen molar-refractivity contribution in [3.63, 3.8) is 0 Å². The van der Waals surface area contributed by atoms with Crippen LogP contribution in [0.2, 0.25) is 0 Å². The summed E-state index contributed by atoms with van der Waals surface area (Å²) in [7, 11) is 1.75. The first-order valence-corrected chi connectivity index (χ1v) is 9.73. The quantitative estimate of drug-likeness (QED) is 0.480. The zero-order valence-electron chi connectivity index (χ0n) is 16.7. The third-order valence-corrected chi connectivity index (χ3v) is 5.52. The zero-order chi connectivity index (χ0) is 20.8. The zero-order valence-corrected chi connectivity index (χ0v) is 16.7. The number of aryl methyl sites for hydroxylation is 1. The molecule has 0 saturated carbocycles. The number of amides is 1. The molecule has 0 aliphatic carbocycles. The maximum atomic E-state index is 13.5. The van der Waals surface area contributed by atoms with Gasteiger partial charge in [-0.3, -0.25) is 14.2 Å². The lowest BCUT2D eigenvalue weighted by Gasteiger charge is -2.14. The Labute approximate surface area is 173 Å². The third kappa shape index (κ3) is 2.67. The average Bonchev–Trinajstić information content (AvgIpc) is 3.00. The van der Waals surface area contributed by atoms with Gasteiger partial charge in [-0.05, 0) is 42.8 Å². The highest BCUT2D eigenvalue weighted by Crippen LogP contribution is 2.36. The van der Waals surface area contributed by atoms with Gasteiger partial charge in [0.1, 0.15) is 5.82 Å². The topological polar surface area (TPSA) is 55.2 Å². The molecule has 1 aromatic heterocycles. The highest BCUT2D eigenvalue weighted by Gasteiger charge is 2.29. The van der Waals surface area contributed by atoms with Gasteiger partial charge in [-0.15, -0.1) is 0 Å². The fourth-order valence-corrected chi connectivity index (χ4v) is 3.96. The first-order valence-electron chi connectivity index (χ1n) is 9.73. The molecule has 1 amide bonds. The molecule has 0 N–H and O–H groups in total. The molecule has 146 valence electrons. The van der Waals surface area contributed by atoms with Gasteiger partial charge >= 0.3 is 0 Å². The number of rotatable bonds is 2. The Morgan fingerprint density at radius 3 is 2.30 bits per heavy atom. The first-order chi connectivity index (χ1) is 14.6. The van der Waals surface area contributed by atoms with Gasteiger partial charge in [-0.2, -0.15) is 0 Å². The van der Waals surface area contributed by atoms with Crippen molar-refractivity contribution in [3.05, 3.63) is 100 Å². The number of nitrogens with zero attached hydrogens (tertiary/aromatic N) is 3. The molecule has 1 aliphatic rings. The highest BCUT2D eigenvalue weighted by molar-refractivity contribution is 6.35. The van der Waals surface area contributed by atoms with E-state index in [0.717, 1.165) is 22.5 Å². The monoisotopic (exact) mass is 393 g/mol. The SMILES string of the molecule is Cc1ccccc1-n1c(/C=C2\C(=O)N(C)c3ccccc32)nc2ccccc2c1=O. The third-order valence-electron chi connectivity index (χ3n) is 5.52. The number of hydrogen-bond donors (Lipinski definition) is 0. The van der Waals surface area contributed by atoms with Crippen LogP contribution in [0.25, 0.3) is 28.2 Å². The lowest BCUT2D eigenvalue weighted by Crippen LogP contribution is -2.24. The van der Waals surface area contributed by atoms with Crippen LogP contribution in [-0.4, -0.2) is 22.5 Å². The number of hydrogen-bond acceptors (Lipinski definition) is 3. The molecule has 0 saturated heterocycles. The Balaban J connectivity index is 1.85. The standard InChI is InChI=1S/C25H19N3O2/c1-16-9-3-7-13-21(16)28-23(26-20-12-6-4-11-18(20)25(28)30)15-19-17-10-5-8-14-22(17)27(2)24(19)29/h3-15H,1-2H3/b19-15-. The van der Waals surface area contributed by atoms with Crippen LogP contribution in [0.5, 0.6) is 0 Å². The number of benzene rings is 3. The second-order valence-electron chi connectivity index (χ2n) is 7.35. The molecule has 0 fully saturated rings. The lowest BCUT2D eigenvalue weighted by molar-refractivity contribution is -0.112. The van der Waals surface area contributed by atoms with Crippen molar-refractivity contribution in [1.82, 2.24) is 9.55 Å². The van der Waals surface area contributed by atoms with E-state index in [1.165, 1.54) is 0 Å². The van der Waals surface area contributed by atoms with Crippen molar-refractivity contribution in [3.8, 4) is 5.69 Å². The minimum atomic E-state index is -0.158. The molecular weight excluding hydrogens is 374 g/mol. The van der Waals surface area contributed by atoms with Crippen molar-refractivity contribution < 1.29 is 4.79 Å². The van der Waals surface area contributed by atoms with Crippen LogP contribution in [0.4, 0.5) is 5.69 Å². The summed E-state index contributed by atoms with van der Waals surface area (Å²) in [6.07, 6.45) is 1.73. The smallest absolute Gasteiger partial charge is 0.266 e. The first kappa shape index (κ1) is 18.1. The number of likely N-dealkylation sites (N-methyl/N-ethyl adjacent to an activating group) is 1. The van der Waals surface area contributed by atoms with Gasteiger partial charge in [0, 0.05) is 12.6 Å². The Morgan fingerprint density at radius 2 is 1.50 bits per heavy atom. The molecule has 0 atom stereocenters. The predicted octanol–water partition coefficient (Wildman–Crippen LogP) is 4.21. The number of fused-ring (bicyclic) bond motifs is 2. The fraction of sp³-hybridized carbons (Fsp3) is 0.0800. The Bertz CT molecular complexity index is 1420. The maximum absolute atomic E-state index is 13.5. The summed E-state index contributed by atoms with van der Waals surface area (Å²) in [6, 6.07) is 22.6. The van der Waals surface area contributed by atoms with E-state index < -0.39 is 0 Å². The van der Waals surface area contributed by atoms with Gasteiger partial charge in [0.15, 0.2) is 0 Å². The van der Waals surface area contributed by atoms with E-state index in [1.54, 1.807) is 28.7 Å². The largest absolute Gasteiger partial charge is 0.311 e. The van der Waals surface area contributed by atoms with Crippen molar-refractivity contribution >= 4 is 34.1 Å². The van der Waals surface area contributed by atoms with Crippen LogP contribution in [-0.2, 0) is 4.79 Å². The summed E-state index contributed by atoms with van der Waals surface area (Å²) >= 11 is 0. The molecule has 0 radical (unpaired) electrons. The van der Waals surface area contributed by atoms with Gasteiger partial charge in [-0.1, -0.05) is 48.5 Å². The van der Waals surface area contributed by atoms with Crippen molar-refractivity contribution in [2.45, 2.75) is 6.92 Å². The minimum absolute atomic E-state index is 0.116. The van der Waals surface area contributed by atoms with Crippen LogP contribution in [0.15, 0.2) is 77.6 Å². The summed E-state index contributed by atoms with van der Waals surface area (Å²) in [5.41, 5.74) is 4.35. The maximum Gasteiger partial charge on any atom is 0.266 e. The number of anilines is 1. The minimum Gasteiger partial charge on any atom is -0.311 e. The molecule has 0 unspecified atom stereocenters. The van der Waals surface area contributed by atoms with Crippen LogP contribution in [0, 0.1) is 6.92 Å². The number of carbonyl (C=O) groups excluding carboxylic acids is 1. The predicted molar refractivity (Wildman–Crippen MR) is 120 cm³/mol. The second kappa shape index (κ2) is 6.81. The molecule has 1 aliphatic heterocycles. The van der Waals surface area contributed by atoms with E-state index in [9.17, 15) is 9.59 Å². The number of carbonyl (C=O) groups is 1. The van der Waals surface area contributed by atoms with Crippen molar-refractivity contribution in [1.29, 1.82) is 0 Å². The van der Waals surface area contributed by atoms with E-state index in [0.29, 0.717) is 22.3 Å². The molecule has 5 nitrogen and oxygen atoms in total. The van der Waals surface area contributed by atoms with Gasteiger partial charge in [0.2, 0.25) is 0 Å². The highest BCUT2D eigenvalue weighted by atomic mass is 16.2. The van der Waals surface area contributed by atoms with E-state index >= 15 is 0 Å². The summed E-state index contributed by atoms with van der Waals surface area (Å²) in [5.74, 6) is 0.316. The van der Waals surface area contributed by atoms with Crippen LogP contribution in [0.1, 0.15) is 17.0 Å². The molecule has 5 heteroatoms. The van der Waals surface area contributed by atoms with E-state index in [2.05, 4.69) is 0 Å². The van der Waals surface area contributed by atoms with E-state index in [-0.39, 0.29) is 11.5 Å². The van der Waals surface area contributed by atoms with Crippen LogP contribution < -0.4 is 10.5 Å². The Kier molecular flexibility index (Phi) is 4.10. The van der Waals surface area contributed by atoms with Crippen LogP contribution >= 0.6 is 0 Å². The van der Waals surface area contributed by atoms with Gasteiger partial charge < -0.3 is 4.90 Å². The van der Waals surface area contributed by atoms with E-state index in [1.807, 2.05) is 73.7 Å². The molecule has 5 rings (SSSR count). The number of para-hydroxylation sites is 3. The molecule has 3 aromatic carbocycles. The summed E-state index contributed by atoms with van der Waals surface area (Å²) < 4.78 is 1.60. The fourth-order valence-electron chi connectivity index (χ4n) is 3.96. The van der Waals surface area contributed by atoms with Gasteiger partial charge in [-0.25, -0.2) is 4.98 Å². The molecule has 2 heterocycles. The lowest BCUT2D eigenvalue weighted by atomic mass is 10.1. The molecule has 0 spiro atoms. The molecule has 4 aromatic rings. The summed E-state index contributed by atoms with van der Waals surface area (Å²) in [5, 5.41) is 0.540. The Morgan fingerprint density at radius 1 is 0.833 bits per heavy atom. The summed E-state index contributed by atoms with van der Waals surface area (Å²) in [6.45, 7) is 1.96. The molecule has 30 heavy (non-hydrogen) atoms. The Hall–Kier alpha value is -3.99. The average molecular weight is 393 g/mol. The van der Waals surface area contributed by atoms with Gasteiger partial charge in [0.05, 0.1) is 27.9 Å². The van der Waals surface area contributed by atoms with Crippen molar-refractivity contribution in [2.75, 3.05) is 11.9 Å². The van der Waals surface area contributed by atoms with Gasteiger partial charge in [0.25, 0.3) is 11.5 Å². The second-order valence-corrected chi connectivity index (χ2v) is 7.35. The molecule has 0 bridgehead atoms. The number of aromatic nitrogens is 2. The van der Waals surface area contributed by atoms with E-state index in [4.69, 9.17) is 4.98 Å². The van der Waals surface area contributed by atoms with Crippen molar-refractivity contribution in [2.24, 2.45) is 0 Å². The summed E-state index contributed by atoms with van der Waals surface area (Å²) in [4.78, 5) is 32.8. The normalized spacial score (nSPS) is 14.5. The van der Waals surface area contributed by atoms with Crippen LogP contribution in [0.3, 0.4) is 0 Å².